The van der Waals surface area contributed by atoms with E-state index in [9.17, 15) is 23.7 Å². The van der Waals surface area contributed by atoms with Crippen LogP contribution < -0.4 is 21.0 Å². The monoisotopic (exact) mass is 612 g/mol. The molecule has 2 heterocycles. The van der Waals surface area contributed by atoms with E-state index in [0.717, 1.165) is 22.3 Å². The zero-order chi connectivity index (χ0) is 26.7. The Morgan fingerprint density at radius 3 is 2.78 bits per heavy atom. The first-order valence-electron chi connectivity index (χ1n) is 10.4. The summed E-state index contributed by atoms with van der Waals surface area (Å²) in [6.45, 7) is 0.790. The maximum atomic E-state index is 13.9. The van der Waals surface area contributed by atoms with Crippen molar-refractivity contribution in [2.45, 2.75) is 37.3 Å². The number of nitrogens with zero attached hydrogens (tertiary/aromatic N) is 2. The van der Waals surface area contributed by atoms with Crippen molar-refractivity contribution in [2.24, 2.45) is 0 Å². The predicted octanol–water partition coefficient (Wildman–Crippen LogP) is 2.34. The smallest absolute Gasteiger partial charge is 0.459 e. The summed E-state index contributed by atoms with van der Waals surface area (Å²) in [6.07, 6.45) is -1.89. The normalized spacial score (nSPS) is 24.2. The van der Waals surface area contributed by atoms with E-state index in [-0.39, 0.29) is 18.1 Å². The average Bonchev–Trinajstić information content (AvgIpc) is 3.17. The Bertz CT molecular complexity index is 1210. The van der Waals surface area contributed by atoms with Crippen LogP contribution in [0.4, 0.5) is 10.2 Å². The van der Waals surface area contributed by atoms with Crippen molar-refractivity contribution in [3.05, 3.63) is 51.2 Å². The third-order valence-electron chi connectivity index (χ3n) is 5.30. The van der Waals surface area contributed by atoms with Gasteiger partial charge in [0, 0.05) is 10.9 Å². The summed E-state index contributed by atoms with van der Waals surface area (Å²) < 4.78 is 50.7. The van der Waals surface area contributed by atoms with Gasteiger partial charge in [-0.05, 0) is 31.2 Å². The van der Waals surface area contributed by atoms with Crippen LogP contribution in [0.3, 0.4) is 0 Å². The van der Waals surface area contributed by atoms with Gasteiger partial charge in [0.15, 0.2) is 11.6 Å². The lowest BCUT2D eigenvalue weighted by Crippen LogP contribution is -2.46. The maximum Gasteiger partial charge on any atom is 0.459 e. The van der Waals surface area contributed by atoms with Gasteiger partial charge in [-0.2, -0.15) is 10.1 Å². The summed E-state index contributed by atoms with van der Waals surface area (Å²) in [6, 6.07) is 5.18. The topological polar surface area (TPSA) is 164 Å². The van der Waals surface area contributed by atoms with Crippen LogP contribution in [0.1, 0.15) is 19.6 Å². The molecule has 1 unspecified atom stereocenters. The average molecular weight is 614 g/mol. The Morgan fingerprint density at radius 2 is 2.17 bits per heavy atom. The number of hydrogen-bond acceptors (Lipinski definition) is 10. The van der Waals surface area contributed by atoms with E-state index in [0.29, 0.717) is 0 Å². The SMILES string of the molecule is COC(=O)[C@H](C)NP(=O)(OC[C@@]1(CCl)O[C@@H](n2cc(F)c(N)nc2=O)C[C@@H]1O)Oc1ccc(Br)cc1. The molecule has 0 bridgehead atoms. The Balaban J connectivity index is 1.84. The Morgan fingerprint density at radius 1 is 1.50 bits per heavy atom. The molecule has 16 heteroatoms. The second-order valence-corrected chi connectivity index (χ2v) is 10.8. The molecule has 12 nitrogen and oxygen atoms in total. The molecule has 1 saturated heterocycles. The summed E-state index contributed by atoms with van der Waals surface area (Å²) in [5, 5.41) is 13.2. The molecular weight excluding hydrogens is 590 g/mol. The van der Waals surface area contributed by atoms with E-state index in [2.05, 4.69) is 30.7 Å². The number of hydrogen-bond donors (Lipinski definition) is 3. The fraction of sp³-hybridized carbons (Fsp3) is 0.450. The number of esters is 1. The highest BCUT2D eigenvalue weighted by molar-refractivity contribution is 9.10. The number of methoxy groups -OCH3 is 1. The molecule has 0 spiro atoms. The number of nitrogens with one attached hydrogen (secondary N) is 1. The summed E-state index contributed by atoms with van der Waals surface area (Å²) in [7, 11) is -3.15. The number of aliphatic hydroxyl groups is 1. The van der Waals surface area contributed by atoms with E-state index in [4.69, 9.17) is 31.1 Å². The molecule has 1 aromatic heterocycles. The van der Waals surface area contributed by atoms with Gasteiger partial charge < -0.3 is 24.8 Å². The third-order valence-corrected chi connectivity index (χ3v) is 7.90. The first-order chi connectivity index (χ1) is 16.9. The molecule has 198 valence electrons. The molecule has 0 saturated carbocycles. The van der Waals surface area contributed by atoms with Crippen LogP contribution in [-0.4, -0.2) is 58.0 Å². The molecule has 0 amide bonds. The van der Waals surface area contributed by atoms with Gasteiger partial charge >= 0.3 is 19.4 Å². The van der Waals surface area contributed by atoms with Crippen LogP contribution in [-0.2, 0) is 23.4 Å². The highest BCUT2D eigenvalue weighted by atomic mass is 79.9. The number of halogens is 3. The second kappa shape index (κ2) is 11.5. The lowest BCUT2D eigenvalue weighted by Gasteiger charge is -2.32. The van der Waals surface area contributed by atoms with Crippen LogP contribution in [0.2, 0.25) is 0 Å². The van der Waals surface area contributed by atoms with Crippen LogP contribution >= 0.6 is 35.3 Å². The van der Waals surface area contributed by atoms with Crippen molar-refractivity contribution in [1.82, 2.24) is 14.6 Å². The zero-order valence-electron chi connectivity index (χ0n) is 19.1. The molecule has 1 aliphatic heterocycles. The molecule has 4 N–H and O–H groups in total. The lowest BCUT2D eigenvalue weighted by molar-refractivity contribution is -0.142. The van der Waals surface area contributed by atoms with Crippen LogP contribution in [0, 0.1) is 5.82 Å². The number of anilines is 1. The standard InChI is InChI=1S/C20H24BrClFN4O8P/c1-11(18(29)32-2)26-36(31,35-13-5-3-12(21)4-6-13)33-10-20(9-22)15(28)7-16(34-20)27-8-14(23)17(24)25-19(27)30/h3-6,8,11,15-16,28H,7,9-10H2,1-2H3,(H,26,31)(H2,24,25,30)/t11-,15-,16+,20+,36?/m0/s1. The first kappa shape index (κ1) is 28.5. The number of benzene rings is 1. The minimum Gasteiger partial charge on any atom is -0.468 e. The molecule has 1 aromatic carbocycles. The van der Waals surface area contributed by atoms with Gasteiger partial charge in [-0.15, -0.1) is 11.6 Å². The molecular formula is C20H24BrClFN4O8P. The van der Waals surface area contributed by atoms with Gasteiger partial charge in [0.2, 0.25) is 0 Å². The maximum absolute atomic E-state index is 13.9. The molecule has 3 rings (SSSR count). The van der Waals surface area contributed by atoms with Gasteiger partial charge in [0.25, 0.3) is 0 Å². The van der Waals surface area contributed by atoms with E-state index < -0.39 is 61.6 Å². The Hall–Kier alpha value is -2.06. The molecule has 2 aromatic rings. The largest absolute Gasteiger partial charge is 0.468 e. The van der Waals surface area contributed by atoms with Gasteiger partial charge in [0.05, 0.1) is 31.9 Å². The Kier molecular flexibility index (Phi) is 9.15. The predicted molar refractivity (Wildman–Crippen MR) is 130 cm³/mol. The van der Waals surface area contributed by atoms with Crippen LogP contribution in [0.25, 0.3) is 0 Å². The number of rotatable bonds is 10. The van der Waals surface area contributed by atoms with Crippen molar-refractivity contribution in [1.29, 1.82) is 0 Å². The third kappa shape index (κ3) is 6.43. The van der Waals surface area contributed by atoms with Crippen molar-refractivity contribution < 1.29 is 37.4 Å². The summed E-state index contributed by atoms with van der Waals surface area (Å²) >= 11 is 9.38. The number of alkyl halides is 1. The van der Waals surface area contributed by atoms with E-state index >= 15 is 0 Å². The highest BCUT2D eigenvalue weighted by Gasteiger charge is 2.50. The van der Waals surface area contributed by atoms with Gasteiger partial charge in [-0.25, -0.2) is 13.8 Å². The molecule has 1 fully saturated rings. The van der Waals surface area contributed by atoms with Crippen LogP contribution in [0.5, 0.6) is 5.75 Å². The zero-order valence-corrected chi connectivity index (χ0v) is 22.3. The van der Waals surface area contributed by atoms with E-state index in [1.807, 2.05) is 0 Å². The van der Waals surface area contributed by atoms with Crippen molar-refractivity contribution in [2.75, 3.05) is 25.3 Å². The molecule has 36 heavy (non-hydrogen) atoms. The summed E-state index contributed by atoms with van der Waals surface area (Å²) in [4.78, 5) is 27.5. The first-order valence-corrected chi connectivity index (χ1v) is 13.3. The molecule has 1 aliphatic rings. The van der Waals surface area contributed by atoms with Gasteiger partial charge in [0.1, 0.15) is 23.6 Å². The number of nitrogens with two attached hydrogens (primary N) is 1. The quantitative estimate of drug-likeness (QED) is 0.205. The fourth-order valence-corrected chi connectivity index (χ4v) is 5.44. The number of nitrogen functional groups attached to an aromatic ring is 1. The highest BCUT2D eigenvalue weighted by Crippen LogP contribution is 2.48. The summed E-state index contributed by atoms with van der Waals surface area (Å²) in [5.74, 6) is -2.50. The number of ether oxygens (including phenoxy) is 2. The minimum absolute atomic E-state index is 0.145. The number of carbonyl (C=O) groups is 1. The lowest BCUT2D eigenvalue weighted by atomic mass is 10.0. The summed E-state index contributed by atoms with van der Waals surface area (Å²) in [5.41, 5.74) is 2.73. The number of carbonyl (C=O) groups excluding carboxylic acids is 1. The molecule has 0 aliphatic carbocycles. The van der Waals surface area contributed by atoms with E-state index in [1.54, 1.807) is 12.1 Å². The fourth-order valence-electron chi connectivity index (χ4n) is 3.31. The number of aliphatic hydroxyl groups excluding tert-OH is 1. The van der Waals surface area contributed by atoms with Gasteiger partial charge in [-0.3, -0.25) is 13.9 Å². The number of aromatic nitrogens is 2. The van der Waals surface area contributed by atoms with Crippen molar-refractivity contribution in [3.63, 3.8) is 0 Å². The van der Waals surface area contributed by atoms with E-state index in [1.165, 1.54) is 19.1 Å². The second-order valence-electron chi connectivity index (χ2n) is 7.88. The van der Waals surface area contributed by atoms with Crippen LogP contribution in [0.15, 0.2) is 39.7 Å². The Labute approximate surface area is 218 Å². The molecule has 5 atom stereocenters. The van der Waals surface area contributed by atoms with Gasteiger partial charge in [-0.1, -0.05) is 15.9 Å². The minimum atomic E-state index is -4.30. The molecule has 0 radical (unpaired) electrons. The van der Waals surface area contributed by atoms with Crippen molar-refractivity contribution >= 4 is 47.1 Å². The van der Waals surface area contributed by atoms with Crippen molar-refractivity contribution in [3.8, 4) is 5.75 Å².